The molecule has 5 heteroatoms. The number of likely N-dealkylation sites (N-methyl/N-ethyl adjacent to an activating group) is 1. The maximum atomic E-state index is 11.3. The molecule has 2 aliphatic rings. The standard InChI is InChI=1S/C11H20N2O3/c1-12-9(10(14)15)11(6-16-7-11)8-3-4-13(2)5-8/h8-9,12H,3-7H2,1-2H3,(H,14,15). The van der Waals surface area contributed by atoms with Crippen LogP contribution in [0.3, 0.4) is 0 Å². The van der Waals surface area contributed by atoms with Crippen molar-refractivity contribution in [2.75, 3.05) is 40.4 Å². The van der Waals surface area contributed by atoms with E-state index in [0.717, 1.165) is 19.5 Å². The number of hydrogen-bond donors (Lipinski definition) is 2. The van der Waals surface area contributed by atoms with Crippen LogP contribution >= 0.6 is 0 Å². The number of carbonyl (C=O) groups is 1. The molecule has 16 heavy (non-hydrogen) atoms. The Hall–Kier alpha value is -0.650. The molecule has 0 amide bonds. The number of hydrogen-bond acceptors (Lipinski definition) is 4. The summed E-state index contributed by atoms with van der Waals surface area (Å²) in [7, 11) is 3.81. The SMILES string of the molecule is CNC(C(=O)O)C1(C2CCN(C)C2)COC1. The Morgan fingerprint density at radius 3 is 2.62 bits per heavy atom. The normalized spacial score (nSPS) is 31.0. The predicted octanol–water partition coefficient (Wildman–Crippen LogP) is -0.373. The molecule has 5 nitrogen and oxygen atoms in total. The van der Waals surface area contributed by atoms with Crippen LogP contribution in [-0.2, 0) is 9.53 Å². The molecule has 0 saturated carbocycles. The Balaban J connectivity index is 2.15. The monoisotopic (exact) mass is 228 g/mol. The van der Waals surface area contributed by atoms with Crippen LogP contribution in [0.15, 0.2) is 0 Å². The number of nitrogens with one attached hydrogen (secondary N) is 1. The van der Waals surface area contributed by atoms with E-state index in [1.165, 1.54) is 0 Å². The molecule has 2 heterocycles. The second-order valence-corrected chi connectivity index (χ2v) is 5.03. The first kappa shape index (κ1) is 11.8. The van der Waals surface area contributed by atoms with Gasteiger partial charge in [0.15, 0.2) is 0 Å². The fraction of sp³-hybridized carbons (Fsp3) is 0.909. The van der Waals surface area contributed by atoms with Crippen molar-refractivity contribution in [1.29, 1.82) is 0 Å². The Morgan fingerprint density at radius 1 is 1.62 bits per heavy atom. The van der Waals surface area contributed by atoms with E-state index in [-0.39, 0.29) is 5.41 Å². The summed E-state index contributed by atoms with van der Waals surface area (Å²) in [6, 6.07) is -0.488. The summed E-state index contributed by atoms with van der Waals surface area (Å²) in [6.45, 7) is 3.18. The molecule has 2 N–H and O–H groups in total. The number of aliphatic carboxylic acids is 1. The number of rotatable bonds is 4. The molecule has 0 radical (unpaired) electrons. The summed E-state index contributed by atoms with van der Waals surface area (Å²) < 4.78 is 5.30. The van der Waals surface area contributed by atoms with Gasteiger partial charge in [-0.1, -0.05) is 0 Å². The molecule has 2 fully saturated rings. The first-order chi connectivity index (χ1) is 7.60. The Bertz CT molecular complexity index is 278. The third kappa shape index (κ3) is 1.73. The van der Waals surface area contributed by atoms with E-state index in [9.17, 15) is 9.90 Å². The van der Waals surface area contributed by atoms with Crippen molar-refractivity contribution in [3.05, 3.63) is 0 Å². The largest absolute Gasteiger partial charge is 0.480 e. The minimum absolute atomic E-state index is 0.203. The molecule has 0 aromatic rings. The van der Waals surface area contributed by atoms with Crippen LogP contribution in [0.2, 0.25) is 0 Å². The second kappa shape index (κ2) is 4.31. The fourth-order valence-corrected chi connectivity index (χ4v) is 3.04. The molecule has 0 spiro atoms. The molecule has 0 aromatic carbocycles. The van der Waals surface area contributed by atoms with E-state index in [4.69, 9.17) is 4.74 Å². The molecule has 2 aliphatic heterocycles. The number of nitrogens with zero attached hydrogens (tertiary/aromatic N) is 1. The van der Waals surface area contributed by atoms with Gasteiger partial charge in [0.1, 0.15) is 6.04 Å². The molecule has 0 bridgehead atoms. The van der Waals surface area contributed by atoms with Crippen molar-refractivity contribution in [1.82, 2.24) is 10.2 Å². The van der Waals surface area contributed by atoms with Crippen LogP contribution in [-0.4, -0.2) is 62.4 Å². The van der Waals surface area contributed by atoms with Gasteiger partial charge in [-0.3, -0.25) is 4.79 Å². The maximum absolute atomic E-state index is 11.3. The highest BCUT2D eigenvalue weighted by atomic mass is 16.5. The third-order valence-corrected chi connectivity index (χ3v) is 4.06. The summed E-state index contributed by atoms with van der Waals surface area (Å²) >= 11 is 0. The summed E-state index contributed by atoms with van der Waals surface area (Å²) in [4.78, 5) is 13.5. The summed E-state index contributed by atoms with van der Waals surface area (Å²) in [5.41, 5.74) is -0.203. The highest BCUT2D eigenvalue weighted by Gasteiger charge is 2.54. The number of carboxylic acids is 1. The van der Waals surface area contributed by atoms with Gasteiger partial charge in [-0.15, -0.1) is 0 Å². The lowest BCUT2D eigenvalue weighted by Crippen LogP contribution is -2.63. The summed E-state index contributed by atoms with van der Waals surface area (Å²) in [6.07, 6.45) is 1.07. The quantitative estimate of drug-likeness (QED) is 0.687. The van der Waals surface area contributed by atoms with Gasteiger partial charge < -0.3 is 20.1 Å². The van der Waals surface area contributed by atoms with Crippen LogP contribution in [0.1, 0.15) is 6.42 Å². The lowest BCUT2D eigenvalue weighted by atomic mass is 9.67. The lowest BCUT2D eigenvalue weighted by molar-refractivity contribution is -0.180. The molecule has 0 aromatic heterocycles. The molecule has 0 aliphatic carbocycles. The molecule has 2 atom stereocenters. The maximum Gasteiger partial charge on any atom is 0.321 e. The van der Waals surface area contributed by atoms with Crippen LogP contribution in [0.25, 0.3) is 0 Å². The Morgan fingerprint density at radius 2 is 2.31 bits per heavy atom. The highest BCUT2D eigenvalue weighted by molar-refractivity contribution is 5.75. The van der Waals surface area contributed by atoms with Crippen LogP contribution < -0.4 is 5.32 Å². The average Bonchev–Trinajstić information content (AvgIpc) is 2.57. The lowest BCUT2D eigenvalue weighted by Gasteiger charge is -2.49. The van der Waals surface area contributed by atoms with Crippen LogP contribution in [0.4, 0.5) is 0 Å². The van der Waals surface area contributed by atoms with Crippen molar-refractivity contribution in [2.24, 2.45) is 11.3 Å². The summed E-state index contributed by atoms with van der Waals surface area (Å²) in [5, 5.41) is 12.2. The van der Waals surface area contributed by atoms with Crippen molar-refractivity contribution >= 4 is 5.97 Å². The average molecular weight is 228 g/mol. The topological polar surface area (TPSA) is 61.8 Å². The van der Waals surface area contributed by atoms with E-state index >= 15 is 0 Å². The third-order valence-electron chi connectivity index (χ3n) is 4.06. The van der Waals surface area contributed by atoms with E-state index in [1.807, 2.05) is 0 Å². The van der Waals surface area contributed by atoms with E-state index in [1.54, 1.807) is 7.05 Å². The smallest absolute Gasteiger partial charge is 0.321 e. The van der Waals surface area contributed by atoms with E-state index in [2.05, 4.69) is 17.3 Å². The molecular formula is C11H20N2O3. The van der Waals surface area contributed by atoms with Gasteiger partial charge in [-0.2, -0.15) is 0 Å². The first-order valence-corrected chi connectivity index (χ1v) is 5.76. The minimum atomic E-state index is -0.764. The Labute approximate surface area is 95.8 Å². The van der Waals surface area contributed by atoms with Crippen molar-refractivity contribution in [2.45, 2.75) is 12.5 Å². The molecule has 2 unspecified atom stereocenters. The zero-order valence-electron chi connectivity index (χ0n) is 9.90. The molecule has 92 valence electrons. The second-order valence-electron chi connectivity index (χ2n) is 5.03. The molecule has 2 rings (SSSR count). The fourth-order valence-electron chi connectivity index (χ4n) is 3.04. The van der Waals surface area contributed by atoms with Crippen molar-refractivity contribution < 1.29 is 14.6 Å². The predicted molar refractivity (Wildman–Crippen MR) is 59.3 cm³/mol. The van der Waals surface area contributed by atoms with Gasteiger partial charge in [-0.05, 0) is 33.0 Å². The minimum Gasteiger partial charge on any atom is -0.480 e. The van der Waals surface area contributed by atoms with Gasteiger partial charge in [0, 0.05) is 12.0 Å². The zero-order valence-corrected chi connectivity index (χ0v) is 9.90. The molecule has 2 saturated heterocycles. The number of carboxylic acid groups (broad SMARTS) is 1. The van der Waals surface area contributed by atoms with Gasteiger partial charge in [0.25, 0.3) is 0 Å². The van der Waals surface area contributed by atoms with Crippen LogP contribution in [0, 0.1) is 11.3 Å². The van der Waals surface area contributed by atoms with Crippen molar-refractivity contribution in [3.8, 4) is 0 Å². The van der Waals surface area contributed by atoms with Gasteiger partial charge >= 0.3 is 5.97 Å². The van der Waals surface area contributed by atoms with Gasteiger partial charge in [0.05, 0.1) is 13.2 Å². The Kier molecular flexibility index (Phi) is 3.19. The van der Waals surface area contributed by atoms with Gasteiger partial charge in [0.2, 0.25) is 0 Å². The van der Waals surface area contributed by atoms with E-state index in [0.29, 0.717) is 19.1 Å². The van der Waals surface area contributed by atoms with Gasteiger partial charge in [-0.25, -0.2) is 0 Å². The highest BCUT2D eigenvalue weighted by Crippen LogP contribution is 2.43. The summed E-state index contributed by atoms with van der Waals surface area (Å²) in [5.74, 6) is -0.333. The molecular weight excluding hydrogens is 208 g/mol. The van der Waals surface area contributed by atoms with Crippen molar-refractivity contribution in [3.63, 3.8) is 0 Å². The number of likely N-dealkylation sites (tertiary alicyclic amines) is 1. The van der Waals surface area contributed by atoms with E-state index < -0.39 is 12.0 Å². The number of ether oxygens (including phenoxy) is 1. The zero-order chi connectivity index (χ0) is 11.8. The van der Waals surface area contributed by atoms with Crippen LogP contribution in [0.5, 0.6) is 0 Å². The first-order valence-electron chi connectivity index (χ1n) is 5.76.